The summed E-state index contributed by atoms with van der Waals surface area (Å²) >= 11 is 6.15. The average molecular weight is 345 g/mol. The normalized spacial score (nSPS) is 20.6. The Kier molecular flexibility index (Phi) is 3.85. The lowest BCUT2D eigenvalue weighted by Gasteiger charge is -2.35. The second-order valence-electron chi connectivity index (χ2n) is 5.11. The third-order valence-corrected chi connectivity index (χ3v) is 3.91. The van der Waals surface area contributed by atoms with Crippen LogP contribution in [-0.2, 0) is 5.54 Å². The van der Waals surface area contributed by atoms with Crippen molar-refractivity contribution in [3.8, 4) is 11.5 Å². The second kappa shape index (κ2) is 5.58. The Bertz CT molecular complexity index is 739. The number of fused-ring (bicyclic) bond motifs is 1. The molecule has 3 rings (SSSR count). The molecular weight excluding hydrogens is 333 g/mol. The number of alkyl halides is 3. The number of pyridine rings is 1. The van der Waals surface area contributed by atoms with Gasteiger partial charge in [0.1, 0.15) is 17.2 Å². The number of rotatable bonds is 2. The highest BCUT2D eigenvalue weighted by Crippen LogP contribution is 2.42. The van der Waals surface area contributed by atoms with Crippen LogP contribution >= 0.6 is 11.6 Å². The van der Waals surface area contributed by atoms with Crippen LogP contribution in [0.15, 0.2) is 36.5 Å². The fourth-order valence-electron chi connectivity index (χ4n) is 2.60. The maximum absolute atomic E-state index is 12.3. The molecule has 2 N–H and O–H groups in total. The third-order valence-electron chi connectivity index (χ3n) is 3.60. The monoisotopic (exact) mass is 344 g/mol. The van der Waals surface area contributed by atoms with Gasteiger partial charge in [-0.3, -0.25) is 4.98 Å². The quantitative estimate of drug-likeness (QED) is 0.904. The van der Waals surface area contributed by atoms with E-state index in [-0.39, 0.29) is 5.02 Å². The number of benzene rings is 1. The zero-order valence-corrected chi connectivity index (χ0v) is 12.5. The lowest BCUT2D eigenvalue weighted by molar-refractivity contribution is -0.274. The first-order chi connectivity index (χ1) is 10.8. The standard InChI is InChI=1S/C15H12ClF3N2O2/c16-11-8-9(23-15(17,18)19)3-4-10(11)14(20)5-7-22-12-2-1-6-21-13(12)14/h1-4,6,8H,5,7,20H2/t14-/m0/s1. The number of hydrogen-bond donors (Lipinski definition) is 1. The lowest BCUT2D eigenvalue weighted by Crippen LogP contribution is -2.43. The van der Waals surface area contributed by atoms with E-state index in [1.807, 2.05) is 0 Å². The molecular formula is C15H12ClF3N2O2. The van der Waals surface area contributed by atoms with Crippen LogP contribution in [0.3, 0.4) is 0 Å². The predicted molar refractivity (Wildman–Crippen MR) is 77.5 cm³/mol. The van der Waals surface area contributed by atoms with Crippen LogP contribution in [0.1, 0.15) is 17.7 Å². The molecule has 0 aliphatic carbocycles. The molecule has 1 aliphatic heterocycles. The van der Waals surface area contributed by atoms with Crippen LogP contribution in [0.5, 0.6) is 11.5 Å². The fraction of sp³-hybridized carbons (Fsp3) is 0.267. The Morgan fingerprint density at radius 3 is 2.78 bits per heavy atom. The summed E-state index contributed by atoms with van der Waals surface area (Å²) in [5, 5.41) is 0.0766. The topological polar surface area (TPSA) is 57.4 Å². The molecule has 0 saturated carbocycles. The van der Waals surface area contributed by atoms with Gasteiger partial charge in [0.2, 0.25) is 0 Å². The summed E-state index contributed by atoms with van der Waals surface area (Å²) in [6.45, 7) is 0.353. The van der Waals surface area contributed by atoms with E-state index in [9.17, 15) is 13.2 Å². The minimum atomic E-state index is -4.78. The molecule has 1 aromatic heterocycles. The van der Waals surface area contributed by atoms with Crippen molar-refractivity contribution in [3.63, 3.8) is 0 Å². The molecule has 1 atom stereocenters. The van der Waals surface area contributed by atoms with E-state index >= 15 is 0 Å². The summed E-state index contributed by atoms with van der Waals surface area (Å²) in [5.41, 5.74) is 6.41. The number of nitrogens with zero attached hydrogens (tertiary/aromatic N) is 1. The zero-order valence-electron chi connectivity index (χ0n) is 11.7. The van der Waals surface area contributed by atoms with E-state index < -0.39 is 17.7 Å². The van der Waals surface area contributed by atoms with E-state index in [0.29, 0.717) is 30.0 Å². The highest BCUT2D eigenvalue weighted by Gasteiger charge is 2.39. The maximum atomic E-state index is 12.3. The van der Waals surface area contributed by atoms with Gasteiger partial charge >= 0.3 is 6.36 Å². The van der Waals surface area contributed by atoms with Crippen molar-refractivity contribution in [3.05, 3.63) is 52.8 Å². The van der Waals surface area contributed by atoms with Gasteiger partial charge in [-0.25, -0.2) is 0 Å². The zero-order chi connectivity index (χ0) is 16.7. The summed E-state index contributed by atoms with van der Waals surface area (Å²) < 4.78 is 46.2. The van der Waals surface area contributed by atoms with Crippen LogP contribution in [0, 0.1) is 0 Å². The van der Waals surface area contributed by atoms with Crippen molar-refractivity contribution in [1.29, 1.82) is 0 Å². The molecule has 0 saturated heterocycles. The molecule has 0 unspecified atom stereocenters. The molecule has 0 radical (unpaired) electrons. The average Bonchev–Trinajstić information content (AvgIpc) is 2.46. The molecule has 1 aromatic carbocycles. The van der Waals surface area contributed by atoms with E-state index in [0.717, 1.165) is 6.07 Å². The molecule has 2 heterocycles. The smallest absolute Gasteiger partial charge is 0.491 e. The predicted octanol–water partition coefficient (Wildman–Crippen LogP) is 3.62. The summed E-state index contributed by atoms with van der Waals surface area (Å²) in [5.74, 6) is 0.135. The Labute approximate surface area is 135 Å². The summed E-state index contributed by atoms with van der Waals surface area (Å²) in [6, 6.07) is 7.15. The summed E-state index contributed by atoms with van der Waals surface area (Å²) in [6.07, 6.45) is -2.81. The van der Waals surface area contributed by atoms with Gasteiger partial charge in [-0.2, -0.15) is 0 Å². The van der Waals surface area contributed by atoms with Crippen LogP contribution in [0.2, 0.25) is 5.02 Å². The molecule has 0 bridgehead atoms. The Balaban J connectivity index is 2.02. The van der Waals surface area contributed by atoms with Crippen LogP contribution in [0.25, 0.3) is 0 Å². The molecule has 0 spiro atoms. The van der Waals surface area contributed by atoms with Gasteiger partial charge in [0.05, 0.1) is 12.1 Å². The van der Waals surface area contributed by atoms with E-state index in [2.05, 4.69) is 9.72 Å². The molecule has 1 aliphatic rings. The van der Waals surface area contributed by atoms with Crippen molar-refractivity contribution < 1.29 is 22.6 Å². The van der Waals surface area contributed by atoms with Crippen LogP contribution < -0.4 is 15.2 Å². The number of halogens is 4. The number of nitrogens with two attached hydrogens (primary N) is 1. The SMILES string of the molecule is N[C@]1(c2ccc(OC(F)(F)F)cc2Cl)CCOc2cccnc21. The second-order valence-corrected chi connectivity index (χ2v) is 5.52. The van der Waals surface area contributed by atoms with Crippen molar-refractivity contribution in [2.75, 3.05) is 6.61 Å². The van der Waals surface area contributed by atoms with Crippen LogP contribution in [0.4, 0.5) is 13.2 Å². The van der Waals surface area contributed by atoms with Crippen molar-refractivity contribution in [2.24, 2.45) is 5.73 Å². The van der Waals surface area contributed by atoms with Crippen molar-refractivity contribution >= 4 is 11.6 Å². The van der Waals surface area contributed by atoms with Gasteiger partial charge in [-0.15, -0.1) is 13.2 Å². The highest BCUT2D eigenvalue weighted by molar-refractivity contribution is 6.31. The van der Waals surface area contributed by atoms with E-state index in [1.165, 1.54) is 12.1 Å². The van der Waals surface area contributed by atoms with Crippen molar-refractivity contribution in [2.45, 2.75) is 18.3 Å². The Hall–Kier alpha value is -1.99. The minimum Gasteiger partial charge on any atom is -0.491 e. The highest BCUT2D eigenvalue weighted by atomic mass is 35.5. The van der Waals surface area contributed by atoms with Gasteiger partial charge in [-0.05, 0) is 29.8 Å². The maximum Gasteiger partial charge on any atom is 0.573 e. The minimum absolute atomic E-state index is 0.0766. The molecule has 0 amide bonds. The van der Waals surface area contributed by atoms with E-state index in [4.69, 9.17) is 22.1 Å². The molecule has 23 heavy (non-hydrogen) atoms. The molecule has 2 aromatic rings. The fourth-order valence-corrected chi connectivity index (χ4v) is 2.94. The van der Waals surface area contributed by atoms with Gasteiger partial charge < -0.3 is 15.2 Å². The third kappa shape index (κ3) is 3.07. The molecule has 8 heteroatoms. The number of ether oxygens (including phenoxy) is 2. The van der Waals surface area contributed by atoms with Gasteiger partial charge in [0.25, 0.3) is 0 Å². The summed E-state index contributed by atoms with van der Waals surface area (Å²) in [4.78, 5) is 4.25. The molecule has 0 fully saturated rings. The summed E-state index contributed by atoms with van der Waals surface area (Å²) in [7, 11) is 0. The van der Waals surface area contributed by atoms with Crippen molar-refractivity contribution in [1.82, 2.24) is 4.98 Å². The Morgan fingerprint density at radius 1 is 1.30 bits per heavy atom. The first-order valence-corrected chi connectivity index (χ1v) is 7.10. The van der Waals surface area contributed by atoms with Crippen LogP contribution in [-0.4, -0.2) is 18.0 Å². The number of aromatic nitrogens is 1. The molecule has 122 valence electrons. The van der Waals surface area contributed by atoms with E-state index in [1.54, 1.807) is 18.3 Å². The first kappa shape index (κ1) is 15.9. The Morgan fingerprint density at radius 2 is 2.09 bits per heavy atom. The van der Waals surface area contributed by atoms with Gasteiger partial charge in [0.15, 0.2) is 0 Å². The largest absolute Gasteiger partial charge is 0.573 e. The lowest BCUT2D eigenvalue weighted by atomic mass is 9.82. The van der Waals surface area contributed by atoms with Gasteiger partial charge in [0, 0.05) is 17.6 Å². The van der Waals surface area contributed by atoms with Gasteiger partial charge in [-0.1, -0.05) is 17.7 Å². The first-order valence-electron chi connectivity index (χ1n) is 6.72. The number of hydrogen-bond acceptors (Lipinski definition) is 4. The molecule has 4 nitrogen and oxygen atoms in total.